The minimum Gasteiger partial charge on any atom is -0.469 e. The summed E-state index contributed by atoms with van der Waals surface area (Å²) in [7, 11) is -2.01. The van der Waals surface area contributed by atoms with E-state index >= 15 is 0 Å². The third kappa shape index (κ3) is 5.04. The van der Waals surface area contributed by atoms with Crippen LogP contribution in [-0.4, -0.2) is 64.2 Å². The lowest BCUT2D eigenvalue weighted by Crippen LogP contribution is -2.42. The molecular weight excluding hydrogens is 362 g/mol. The number of methoxy groups -OCH3 is 1. The molecule has 1 saturated heterocycles. The van der Waals surface area contributed by atoms with Crippen molar-refractivity contribution in [3.8, 4) is 0 Å². The van der Waals surface area contributed by atoms with Gasteiger partial charge in [0, 0.05) is 19.3 Å². The number of sulfone groups is 1. The minimum absolute atomic E-state index is 0.0959. The van der Waals surface area contributed by atoms with E-state index in [-0.39, 0.29) is 28.3 Å². The van der Waals surface area contributed by atoms with E-state index < -0.39 is 22.4 Å². The number of nitrogens with zero attached hydrogens (tertiary/aromatic N) is 1. The number of piperidine rings is 1. The Morgan fingerprint density at radius 3 is 2.19 bits per heavy atom. The Hall–Kier alpha value is -2.42. The van der Waals surface area contributed by atoms with E-state index in [9.17, 15) is 22.8 Å². The first-order valence-electron chi connectivity index (χ1n) is 8.05. The third-order valence-electron chi connectivity index (χ3n) is 4.23. The van der Waals surface area contributed by atoms with Crippen molar-refractivity contribution in [3.63, 3.8) is 0 Å². The van der Waals surface area contributed by atoms with Crippen LogP contribution < -0.4 is 0 Å². The smallest absolute Gasteiger partial charge is 0.338 e. The lowest BCUT2D eigenvalue weighted by atomic mass is 9.97. The van der Waals surface area contributed by atoms with Gasteiger partial charge in [0.15, 0.2) is 16.4 Å². The first kappa shape index (κ1) is 19.9. The van der Waals surface area contributed by atoms with Gasteiger partial charge >= 0.3 is 11.9 Å². The molecule has 0 atom stereocenters. The lowest BCUT2D eigenvalue weighted by molar-refractivity contribution is -0.149. The molecule has 0 spiro atoms. The highest BCUT2D eigenvalue weighted by Gasteiger charge is 2.28. The number of carbonyl (C=O) groups excluding carboxylic acids is 3. The van der Waals surface area contributed by atoms with Crippen LogP contribution in [0.4, 0.5) is 0 Å². The SMILES string of the molecule is COC(=O)C1CCN(C(=O)COC(=O)c2ccc(S(C)(=O)=O)cc2)CC1. The van der Waals surface area contributed by atoms with Gasteiger partial charge in [0.1, 0.15) is 0 Å². The molecule has 1 heterocycles. The standard InChI is InChI=1S/C17H21NO7S/c1-24-16(20)13-7-9-18(10-8-13)15(19)11-25-17(21)12-3-5-14(6-4-12)26(2,22)23/h3-6,13H,7-11H2,1-2H3. The van der Waals surface area contributed by atoms with Crippen LogP contribution in [0.1, 0.15) is 23.2 Å². The molecule has 8 nitrogen and oxygen atoms in total. The van der Waals surface area contributed by atoms with Crippen molar-refractivity contribution in [2.24, 2.45) is 5.92 Å². The summed E-state index contributed by atoms with van der Waals surface area (Å²) < 4.78 is 32.5. The van der Waals surface area contributed by atoms with Crippen molar-refractivity contribution in [1.29, 1.82) is 0 Å². The summed E-state index contributed by atoms with van der Waals surface area (Å²) in [4.78, 5) is 37.2. The van der Waals surface area contributed by atoms with Crippen LogP contribution in [0, 0.1) is 5.92 Å². The van der Waals surface area contributed by atoms with Crippen molar-refractivity contribution >= 4 is 27.7 Å². The van der Waals surface area contributed by atoms with Gasteiger partial charge in [0.05, 0.1) is 23.5 Å². The van der Waals surface area contributed by atoms with Crippen LogP contribution in [0.5, 0.6) is 0 Å². The van der Waals surface area contributed by atoms with Gasteiger partial charge in [-0.25, -0.2) is 13.2 Å². The largest absolute Gasteiger partial charge is 0.469 e. The second-order valence-corrected chi connectivity index (χ2v) is 8.07. The minimum atomic E-state index is -3.34. The fraction of sp³-hybridized carbons (Fsp3) is 0.471. The maximum absolute atomic E-state index is 12.1. The zero-order valence-electron chi connectivity index (χ0n) is 14.6. The van der Waals surface area contributed by atoms with Crippen molar-refractivity contribution in [2.45, 2.75) is 17.7 Å². The molecular formula is C17H21NO7S. The highest BCUT2D eigenvalue weighted by atomic mass is 32.2. The van der Waals surface area contributed by atoms with Gasteiger partial charge in [-0.2, -0.15) is 0 Å². The van der Waals surface area contributed by atoms with E-state index in [4.69, 9.17) is 9.47 Å². The van der Waals surface area contributed by atoms with E-state index in [1.165, 1.54) is 31.4 Å². The average molecular weight is 383 g/mol. The van der Waals surface area contributed by atoms with E-state index in [0.717, 1.165) is 6.26 Å². The summed E-state index contributed by atoms with van der Waals surface area (Å²) in [5.74, 6) is -1.53. The predicted molar refractivity (Wildman–Crippen MR) is 91.2 cm³/mol. The molecule has 9 heteroatoms. The van der Waals surface area contributed by atoms with Gasteiger partial charge in [-0.1, -0.05) is 0 Å². The van der Waals surface area contributed by atoms with Crippen LogP contribution in [0.15, 0.2) is 29.2 Å². The normalized spacial score (nSPS) is 15.4. The molecule has 142 valence electrons. The molecule has 1 amide bonds. The van der Waals surface area contributed by atoms with Crippen molar-refractivity contribution in [3.05, 3.63) is 29.8 Å². The predicted octanol–water partition coefficient (Wildman–Crippen LogP) is 0.658. The van der Waals surface area contributed by atoms with Gasteiger partial charge < -0.3 is 14.4 Å². The van der Waals surface area contributed by atoms with Crippen LogP contribution in [-0.2, 0) is 28.9 Å². The van der Waals surface area contributed by atoms with Crippen LogP contribution in [0.2, 0.25) is 0 Å². The number of hydrogen-bond acceptors (Lipinski definition) is 7. The molecule has 1 fully saturated rings. The zero-order valence-corrected chi connectivity index (χ0v) is 15.5. The Kier molecular flexibility index (Phi) is 6.36. The molecule has 0 bridgehead atoms. The highest BCUT2D eigenvalue weighted by Crippen LogP contribution is 2.18. The van der Waals surface area contributed by atoms with Crippen molar-refractivity contribution < 1.29 is 32.3 Å². The van der Waals surface area contributed by atoms with Crippen molar-refractivity contribution in [2.75, 3.05) is 33.1 Å². The molecule has 0 aliphatic carbocycles. The Morgan fingerprint density at radius 1 is 1.12 bits per heavy atom. The van der Waals surface area contributed by atoms with Gasteiger partial charge in [0.25, 0.3) is 5.91 Å². The van der Waals surface area contributed by atoms with Gasteiger partial charge in [-0.05, 0) is 37.1 Å². The Morgan fingerprint density at radius 2 is 1.69 bits per heavy atom. The Bertz CT molecular complexity index is 778. The number of amides is 1. The lowest BCUT2D eigenvalue weighted by Gasteiger charge is -2.30. The zero-order chi connectivity index (χ0) is 19.3. The molecule has 0 unspecified atom stereocenters. The maximum Gasteiger partial charge on any atom is 0.338 e. The molecule has 0 saturated carbocycles. The van der Waals surface area contributed by atoms with E-state index in [0.29, 0.717) is 25.9 Å². The number of benzene rings is 1. The topological polar surface area (TPSA) is 107 Å². The van der Waals surface area contributed by atoms with Gasteiger partial charge in [0.2, 0.25) is 0 Å². The summed E-state index contributed by atoms with van der Waals surface area (Å²) in [5, 5.41) is 0. The monoisotopic (exact) mass is 383 g/mol. The number of carbonyl (C=O) groups is 3. The average Bonchev–Trinajstić information content (AvgIpc) is 2.64. The molecule has 0 radical (unpaired) electrons. The fourth-order valence-electron chi connectivity index (χ4n) is 2.67. The van der Waals surface area contributed by atoms with Crippen molar-refractivity contribution in [1.82, 2.24) is 4.90 Å². The molecule has 1 aromatic rings. The quantitative estimate of drug-likeness (QED) is 0.687. The molecule has 2 rings (SSSR count). The highest BCUT2D eigenvalue weighted by molar-refractivity contribution is 7.90. The fourth-order valence-corrected chi connectivity index (χ4v) is 3.30. The maximum atomic E-state index is 12.1. The van der Waals surface area contributed by atoms with Crippen LogP contribution in [0.3, 0.4) is 0 Å². The van der Waals surface area contributed by atoms with E-state index in [2.05, 4.69) is 0 Å². The number of rotatable bonds is 5. The summed E-state index contributed by atoms with van der Waals surface area (Å²) in [6.45, 7) is 0.397. The number of hydrogen-bond donors (Lipinski definition) is 0. The van der Waals surface area contributed by atoms with E-state index in [1.807, 2.05) is 0 Å². The number of esters is 2. The Balaban J connectivity index is 1.84. The molecule has 0 aromatic heterocycles. The van der Waals surface area contributed by atoms with Crippen LogP contribution >= 0.6 is 0 Å². The van der Waals surface area contributed by atoms with Gasteiger partial charge in [-0.3, -0.25) is 9.59 Å². The molecule has 26 heavy (non-hydrogen) atoms. The Labute approximate surface area is 152 Å². The molecule has 1 aliphatic rings. The first-order valence-corrected chi connectivity index (χ1v) is 9.94. The second-order valence-electron chi connectivity index (χ2n) is 6.05. The number of likely N-dealkylation sites (tertiary alicyclic amines) is 1. The van der Waals surface area contributed by atoms with Gasteiger partial charge in [-0.15, -0.1) is 0 Å². The molecule has 1 aliphatic heterocycles. The third-order valence-corrected chi connectivity index (χ3v) is 5.36. The van der Waals surface area contributed by atoms with E-state index in [1.54, 1.807) is 4.90 Å². The molecule has 1 aromatic carbocycles. The summed E-state index contributed by atoms with van der Waals surface area (Å²) >= 11 is 0. The molecule has 0 N–H and O–H groups in total. The summed E-state index contributed by atoms with van der Waals surface area (Å²) in [6, 6.07) is 5.30. The second kappa shape index (κ2) is 8.31. The summed E-state index contributed by atoms with van der Waals surface area (Å²) in [5.41, 5.74) is 0.162. The first-order chi connectivity index (χ1) is 12.2. The number of ether oxygens (including phenoxy) is 2. The van der Waals surface area contributed by atoms with Crippen LogP contribution in [0.25, 0.3) is 0 Å². The summed E-state index contributed by atoms with van der Waals surface area (Å²) in [6.07, 6.45) is 2.10.